The van der Waals surface area contributed by atoms with Gasteiger partial charge in [-0.1, -0.05) is 13.8 Å². The van der Waals surface area contributed by atoms with Crippen LogP contribution in [0.2, 0.25) is 0 Å². The number of hydrogen-bond acceptors (Lipinski definition) is 3. The summed E-state index contributed by atoms with van der Waals surface area (Å²) < 4.78 is 1.94. The third-order valence-corrected chi connectivity index (χ3v) is 2.58. The molecule has 0 atom stereocenters. The highest BCUT2D eigenvalue weighted by atomic mass is 15.3. The maximum absolute atomic E-state index is 8.66. The second-order valence-electron chi connectivity index (χ2n) is 4.74. The summed E-state index contributed by atoms with van der Waals surface area (Å²) in [6, 6.07) is 2.21. The van der Waals surface area contributed by atoms with Crippen molar-refractivity contribution in [1.82, 2.24) is 14.7 Å². The van der Waals surface area contributed by atoms with Crippen LogP contribution in [-0.4, -0.2) is 27.8 Å². The van der Waals surface area contributed by atoms with Crippen molar-refractivity contribution in [3.8, 4) is 6.07 Å². The number of nitriles is 1. The van der Waals surface area contributed by atoms with Crippen LogP contribution in [0.5, 0.6) is 0 Å². The van der Waals surface area contributed by atoms with Gasteiger partial charge in [-0.2, -0.15) is 10.4 Å². The van der Waals surface area contributed by atoms with Gasteiger partial charge in [0, 0.05) is 44.4 Å². The van der Waals surface area contributed by atoms with Crippen LogP contribution in [0.4, 0.5) is 0 Å². The summed E-state index contributed by atoms with van der Waals surface area (Å²) in [5.41, 5.74) is 1.23. The van der Waals surface area contributed by atoms with Crippen molar-refractivity contribution in [3.05, 3.63) is 18.0 Å². The quantitative estimate of drug-likeness (QED) is 0.727. The topological polar surface area (TPSA) is 44.9 Å². The molecule has 0 radical (unpaired) electrons. The third-order valence-electron chi connectivity index (χ3n) is 2.58. The van der Waals surface area contributed by atoms with E-state index in [4.69, 9.17) is 5.26 Å². The Kier molecular flexibility index (Phi) is 5.71. The Balaban J connectivity index is 2.55. The van der Waals surface area contributed by atoms with Gasteiger partial charge in [0.25, 0.3) is 0 Å². The molecule has 0 aliphatic rings. The minimum atomic E-state index is 0.592. The minimum Gasteiger partial charge on any atom is -0.298 e. The van der Waals surface area contributed by atoms with E-state index in [1.165, 1.54) is 5.56 Å². The molecule has 1 heterocycles. The molecule has 4 heteroatoms. The van der Waals surface area contributed by atoms with Crippen LogP contribution >= 0.6 is 0 Å². The fourth-order valence-electron chi connectivity index (χ4n) is 1.88. The first-order valence-corrected chi connectivity index (χ1v) is 6.26. The van der Waals surface area contributed by atoms with Crippen LogP contribution in [0.15, 0.2) is 12.4 Å². The lowest BCUT2D eigenvalue weighted by atomic mass is 10.2. The lowest BCUT2D eigenvalue weighted by Crippen LogP contribution is -2.28. The van der Waals surface area contributed by atoms with Gasteiger partial charge in [0.2, 0.25) is 0 Å². The smallest absolute Gasteiger partial charge is 0.0635 e. The van der Waals surface area contributed by atoms with E-state index in [2.05, 4.69) is 43.0 Å². The predicted molar refractivity (Wildman–Crippen MR) is 68.2 cm³/mol. The second-order valence-corrected chi connectivity index (χ2v) is 4.74. The van der Waals surface area contributed by atoms with E-state index >= 15 is 0 Å². The van der Waals surface area contributed by atoms with Crippen molar-refractivity contribution in [1.29, 1.82) is 5.26 Å². The summed E-state index contributed by atoms with van der Waals surface area (Å²) in [6.45, 7) is 10.1. The molecular weight excluding hydrogens is 212 g/mol. The normalized spacial score (nSPS) is 11.1. The molecule has 17 heavy (non-hydrogen) atoms. The van der Waals surface area contributed by atoms with E-state index in [0.717, 1.165) is 26.2 Å². The molecule has 0 saturated heterocycles. The summed E-state index contributed by atoms with van der Waals surface area (Å²) in [5, 5.41) is 12.9. The van der Waals surface area contributed by atoms with Crippen molar-refractivity contribution in [3.63, 3.8) is 0 Å². The van der Waals surface area contributed by atoms with Gasteiger partial charge in [0.05, 0.1) is 12.3 Å². The summed E-state index contributed by atoms with van der Waals surface area (Å²) in [6.07, 6.45) is 4.59. The van der Waals surface area contributed by atoms with E-state index in [0.29, 0.717) is 12.3 Å². The van der Waals surface area contributed by atoms with Gasteiger partial charge in [-0.25, -0.2) is 0 Å². The molecule has 94 valence electrons. The van der Waals surface area contributed by atoms with Crippen molar-refractivity contribution >= 4 is 0 Å². The molecule has 0 N–H and O–H groups in total. The first-order valence-electron chi connectivity index (χ1n) is 6.26. The van der Waals surface area contributed by atoms with Gasteiger partial charge in [-0.15, -0.1) is 0 Å². The molecule has 0 aliphatic heterocycles. The number of aryl methyl sites for hydroxylation is 1. The molecule has 0 bridgehead atoms. The van der Waals surface area contributed by atoms with E-state index in [9.17, 15) is 0 Å². The molecule has 0 amide bonds. The zero-order chi connectivity index (χ0) is 12.7. The van der Waals surface area contributed by atoms with E-state index in [1.54, 1.807) is 0 Å². The van der Waals surface area contributed by atoms with Gasteiger partial charge in [-0.05, 0) is 12.8 Å². The standard InChI is InChI=1S/C13H22N4/c1-4-17-11-13(8-15-17)10-16(7-5-6-14)9-12(2)3/h8,11-12H,4-5,7,9-10H2,1-3H3. The van der Waals surface area contributed by atoms with Gasteiger partial charge in [0.15, 0.2) is 0 Å². The number of rotatable bonds is 7. The highest BCUT2D eigenvalue weighted by Crippen LogP contribution is 2.07. The predicted octanol–water partition coefficient (Wildman–Crippen LogP) is 2.27. The average molecular weight is 234 g/mol. The molecule has 1 rings (SSSR count). The molecule has 0 aromatic carbocycles. The Morgan fingerprint density at radius 3 is 2.82 bits per heavy atom. The Hall–Kier alpha value is -1.34. The van der Waals surface area contributed by atoms with Gasteiger partial charge >= 0.3 is 0 Å². The Labute approximate surface area is 104 Å². The zero-order valence-electron chi connectivity index (χ0n) is 11.1. The molecule has 0 aliphatic carbocycles. The highest BCUT2D eigenvalue weighted by Gasteiger charge is 2.09. The molecule has 0 fully saturated rings. The molecule has 4 nitrogen and oxygen atoms in total. The van der Waals surface area contributed by atoms with Crippen LogP contribution in [-0.2, 0) is 13.1 Å². The first-order chi connectivity index (χ1) is 8.15. The Morgan fingerprint density at radius 1 is 1.53 bits per heavy atom. The van der Waals surface area contributed by atoms with Crippen molar-refractivity contribution in [2.75, 3.05) is 13.1 Å². The average Bonchev–Trinajstić information content (AvgIpc) is 2.73. The van der Waals surface area contributed by atoms with Crippen LogP contribution in [0, 0.1) is 17.2 Å². The van der Waals surface area contributed by atoms with Crippen LogP contribution in [0.25, 0.3) is 0 Å². The number of nitrogens with zero attached hydrogens (tertiary/aromatic N) is 4. The third kappa shape index (κ3) is 5.01. The van der Waals surface area contributed by atoms with E-state index < -0.39 is 0 Å². The largest absolute Gasteiger partial charge is 0.298 e. The zero-order valence-corrected chi connectivity index (χ0v) is 11.1. The maximum atomic E-state index is 8.66. The Morgan fingerprint density at radius 2 is 2.29 bits per heavy atom. The molecule has 1 aromatic heterocycles. The summed E-state index contributed by atoms with van der Waals surface area (Å²) in [4.78, 5) is 2.32. The SMILES string of the molecule is CCn1cc(CN(CCC#N)CC(C)C)cn1. The van der Waals surface area contributed by atoms with Gasteiger partial charge < -0.3 is 0 Å². The van der Waals surface area contributed by atoms with E-state index in [-0.39, 0.29) is 0 Å². The molecule has 0 spiro atoms. The number of aromatic nitrogens is 2. The van der Waals surface area contributed by atoms with Crippen molar-refractivity contribution < 1.29 is 0 Å². The molecular formula is C13H22N4. The van der Waals surface area contributed by atoms with Crippen LogP contribution in [0.1, 0.15) is 32.8 Å². The summed E-state index contributed by atoms with van der Waals surface area (Å²) in [5.74, 6) is 0.620. The maximum Gasteiger partial charge on any atom is 0.0635 e. The van der Waals surface area contributed by atoms with Crippen molar-refractivity contribution in [2.45, 2.75) is 40.3 Å². The Bertz CT molecular complexity index is 362. The van der Waals surface area contributed by atoms with Gasteiger partial charge in [0.1, 0.15) is 0 Å². The van der Waals surface area contributed by atoms with Crippen molar-refractivity contribution in [2.24, 2.45) is 5.92 Å². The summed E-state index contributed by atoms with van der Waals surface area (Å²) >= 11 is 0. The minimum absolute atomic E-state index is 0.592. The first kappa shape index (κ1) is 13.7. The number of hydrogen-bond donors (Lipinski definition) is 0. The fraction of sp³-hybridized carbons (Fsp3) is 0.692. The lowest BCUT2D eigenvalue weighted by molar-refractivity contribution is 0.241. The van der Waals surface area contributed by atoms with Crippen LogP contribution < -0.4 is 0 Å². The molecule has 0 unspecified atom stereocenters. The highest BCUT2D eigenvalue weighted by molar-refractivity contribution is 5.03. The fourth-order valence-corrected chi connectivity index (χ4v) is 1.88. The van der Waals surface area contributed by atoms with E-state index in [1.807, 2.05) is 10.9 Å². The second kappa shape index (κ2) is 7.08. The van der Waals surface area contributed by atoms with Gasteiger partial charge in [-0.3, -0.25) is 9.58 Å². The summed E-state index contributed by atoms with van der Waals surface area (Å²) in [7, 11) is 0. The lowest BCUT2D eigenvalue weighted by Gasteiger charge is -2.22. The molecule has 1 aromatic rings. The molecule has 0 saturated carbocycles. The monoisotopic (exact) mass is 234 g/mol. The van der Waals surface area contributed by atoms with Crippen LogP contribution in [0.3, 0.4) is 0 Å².